The van der Waals surface area contributed by atoms with Crippen LogP contribution >= 0.6 is 0 Å². The van der Waals surface area contributed by atoms with Gasteiger partial charge in [-0.2, -0.15) is 0 Å². The Labute approximate surface area is 89.4 Å². The Bertz CT molecular complexity index is 255. The smallest absolute Gasteiger partial charge is 0.303 e. The van der Waals surface area contributed by atoms with Gasteiger partial charge in [0, 0.05) is 25.6 Å². The molecule has 1 rings (SSSR count). The Morgan fingerprint density at radius 2 is 2.33 bits per heavy atom. The first-order chi connectivity index (χ1) is 7.06. The highest BCUT2D eigenvalue weighted by Crippen LogP contribution is 2.11. The number of piperazine rings is 1. The summed E-state index contributed by atoms with van der Waals surface area (Å²) >= 11 is 0. The second kappa shape index (κ2) is 5.11. The largest absolute Gasteiger partial charge is 0.481 e. The average Bonchev–Trinajstić information content (AvgIpc) is 2.17. The van der Waals surface area contributed by atoms with Crippen LogP contribution in [0.4, 0.5) is 0 Å². The second-order valence-electron chi connectivity index (χ2n) is 3.87. The van der Waals surface area contributed by atoms with Crippen molar-refractivity contribution in [3.8, 4) is 0 Å². The summed E-state index contributed by atoms with van der Waals surface area (Å²) in [6, 6.07) is -0.124. The molecule has 2 unspecified atom stereocenters. The van der Waals surface area contributed by atoms with E-state index in [4.69, 9.17) is 5.11 Å². The zero-order valence-corrected chi connectivity index (χ0v) is 9.19. The SMILES string of the molecule is CCN1C(=O)C(CCC(=O)O)NCC1C. The number of likely N-dealkylation sites (N-methyl/N-ethyl adjacent to an activating group) is 1. The molecule has 0 aromatic heterocycles. The number of nitrogens with one attached hydrogen (secondary N) is 1. The lowest BCUT2D eigenvalue weighted by atomic mass is 10.0. The zero-order chi connectivity index (χ0) is 11.4. The zero-order valence-electron chi connectivity index (χ0n) is 9.19. The average molecular weight is 214 g/mol. The number of carboxylic acids is 1. The number of hydrogen-bond acceptors (Lipinski definition) is 3. The van der Waals surface area contributed by atoms with E-state index in [1.807, 2.05) is 13.8 Å². The number of carboxylic acid groups (broad SMARTS) is 1. The molecule has 1 aliphatic rings. The summed E-state index contributed by atoms with van der Waals surface area (Å²) in [5.74, 6) is -0.830. The molecule has 86 valence electrons. The number of carbonyl (C=O) groups excluding carboxylic acids is 1. The van der Waals surface area contributed by atoms with Crippen LogP contribution in [-0.4, -0.2) is 47.1 Å². The van der Waals surface area contributed by atoms with Gasteiger partial charge < -0.3 is 15.3 Å². The molecule has 1 aliphatic heterocycles. The van der Waals surface area contributed by atoms with Crippen LogP contribution in [-0.2, 0) is 9.59 Å². The Kier molecular flexibility index (Phi) is 4.08. The fourth-order valence-corrected chi connectivity index (χ4v) is 1.89. The van der Waals surface area contributed by atoms with Crippen molar-refractivity contribution in [2.45, 2.75) is 38.8 Å². The molecule has 5 nitrogen and oxygen atoms in total. The normalized spacial score (nSPS) is 26.8. The van der Waals surface area contributed by atoms with E-state index in [1.54, 1.807) is 4.90 Å². The molecule has 15 heavy (non-hydrogen) atoms. The molecule has 0 aromatic rings. The van der Waals surface area contributed by atoms with E-state index in [1.165, 1.54) is 0 Å². The third-order valence-electron chi connectivity index (χ3n) is 2.76. The molecule has 2 atom stereocenters. The monoisotopic (exact) mass is 214 g/mol. The van der Waals surface area contributed by atoms with E-state index in [9.17, 15) is 9.59 Å². The molecule has 0 bridgehead atoms. The van der Waals surface area contributed by atoms with Crippen LogP contribution in [0.2, 0.25) is 0 Å². The molecule has 0 radical (unpaired) electrons. The maximum Gasteiger partial charge on any atom is 0.303 e. The molecule has 0 saturated carbocycles. The fraction of sp³-hybridized carbons (Fsp3) is 0.800. The van der Waals surface area contributed by atoms with Crippen LogP contribution in [0.15, 0.2) is 0 Å². The van der Waals surface area contributed by atoms with Crippen LogP contribution in [0.5, 0.6) is 0 Å². The first-order valence-corrected chi connectivity index (χ1v) is 5.32. The highest BCUT2D eigenvalue weighted by Gasteiger charge is 2.31. The molecule has 0 spiro atoms. The molecular formula is C10H18N2O3. The number of hydrogen-bond donors (Lipinski definition) is 2. The topological polar surface area (TPSA) is 69.6 Å². The first-order valence-electron chi connectivity index (χ1n) is 5.32. The summed E-state index contributed by atoms with van der Waals surface area (Å²) < 4.78 is 0. The van der Waals surface area contributed by atoms with E-state index in [0.717, 1.165) is 6.54 Å². The molecule has 5 heteroatoms. The molecule has 0 aliphatic carbocycles. The molecule has 1 heterocycles. The van der Waals surface area contributed by atoms with Gasteiger partial charge in [0.25, 0.3) is 0 Å². The number of carbonyl (C=O) groups is 2. The summed E-state index contributed by atoms with van der Waals surface area (Å²) in [7, 11) is 0. The van der Waals surface area contributed by atoms with Crippen LogP contribution in [0.3, 0.4) is 0 Å². The van der Waals surface area contributed by atoms with Crippen molar-refractivity contribution >= 4 is 11.9 Å². The van der Waals surface area contributed by atoms with Crippen LogP contribution in [0, 0.1) is 0 Å². The fourth-order valence-electron chi connectivity index (χ4n) is 1.89. The van der Waals surface area contributed by atoms with Gasteiger partial charge in [0.05, 0.1) is 6.04 Å². The lowest BCUT2D eigenvalue weighted by Gasteiger charge is -2.37. The van der Waals surface area contributed by atoms with Crippen molar-refractivity contribution in [3.63, 3.8) is 0 Å². The Morgan fingerprint density at radius 3 is 2.87 bits per heavy atom. The maximum atomic E-state index is 11.8. The minimum atomic E-state index is -0.855. The first kappa shape index (κ1) is 12.0. The van der Waals surface area contributed by atoms with Crippen LogP contribution < -0.4 is 5.32 Å². The summed E-state index contributed by atoms with van der Waals surface area (Å²) in [4.78, 5) is 24.1. The Morgan fingerprint density at radius 1 is 1.67 bits per heavy atom. The quantitative estimate of drug-likeness (QED) is 0.694. The van der Waals surface area contributed by atoms with E-state index in [2.05, 4.69) is 5.32 Å². The van der Waals surface area contributed by atoms with Gasteiger partial charge in [-0.15, -0.1) is 0 Å². The van der Waals surface area contributed by atoms with Crippen molar-refractivity contribution in [3.05, 3.63) is 0 Å². The second-order valence-corrected chi connectivity index (χ2v) is 3.87. The summed E-state index contributed by atoms with van der Waals surface area (Å²) in [6.07, 6.45) is 0.409. The Hall–Kier alpha value is -1.10. The third-order valence-corrected chi connectivity index (χ3v) is 2.76. The third kappa shape index (κ3) is 2.92. The van der Waals surface area contributed by atoms with E-state index in [0.29, 0.717) is 13.0 Å². The maximum absolute atomic E-state index is 11.8. The van der Waals surface area contributed by atoms with E-state index < -0.39 is 5.97 Å². The number of rotatable bonds is 4. The van der Waals surface area contributed by atoms with Crippen molar-refractivity contribution in [2.75, 3.05) is 13.1 Å². The van der Waals surface area contributed by atoms with Gasteiger partial charge in [0.2, 0.25) is 5.91 Å². The van der Waals surface area contributed by atoms with Gasteiger partial charge in [0.15, 0.2) is 0 Å². The molecule has 1 fully saturated rings. The minimum Gasteiger partial charge on any atom is -0.481 e. The summed E-state index contributed by atoms with van der Waals surface area (Å²) in [5, 5.41) is 11.6. The molecule has 0 aromatic carbocycles. The van der Waals surface area contributed by atoms with Gasteiger partial charge in [-0.1, -0.05) is 0 Å². The van der Waals surface area contributed by atoms with Gasteiger partial charge >= 0.3 is 5.97 Å². The van der Waals surface area contributed by atoms with Crippen molar-refractivity contribution in [1.29, 1.82) is 0 Å². The lowest BCUT2D eigenvalue weighted by molar-refractivity contribution is -0.140. The molecule has 2 N–H and O–H groups in total. The highest BCUT2D eigenvalue weighted by atomic mass is 16.4. The van der Waals surface area contributed by atoms with E-state index >= 15 is 0 Å². The molecular weight excluding hydrogens is 196 g/mol. The number of nitrogens with zero attached hydrogens (tertiary/aromatic N) is 1. The predicted octanol–water partition coefficient (Wildman–Crippen LogP) is 0.0600. The van der Waals surface area contributed by atoms with Crippen molar-refractivity contribution in [2.24, 2.45) is 0 Å². The molecule has 1 saturated heterocycles. The van der Waals surface area contributed by atoms with Gasteiger partial charge in [-0.25, -0.2) is 0 Å². The van der Waals surface area contributed by atoms with E-state index in [-0.39, 0.29) is 24.4 Å². The van der Waals surface area contributed by atoms with Crippen molar-refractivity contribution < 1.29 is 14.7 Å². The molecule has 1 amide bonds. The van der Waals surface area contributed by atoms with Gasteiger partial charge in [-0.05, 0) is 20.3 Å². The Balaban J connectivity index is 2.53. The minimum absolute atomic E-state index is 0.0255. The van der Waals surface area contributed by atoms with Gasteiger partial charge in [0.1, 0.15) is 0 Å². The summed E-state index contributed by atoms with van der Waals surface area (Å²) in [5.41, 5.74) is 0. The van der Waals surface area contributed by atoms with Gasteiger partial charge in [-0.3, -0.25) is 9.59 Å². The summed E-state index contributed by atoms with van der Waals surface area (Å²) in [6.45, 7) is 5.35. The van der Waals surface area contributed by atoms with Crippen molar-refractivity contribution in [1.82, 2.24) is 10.2 Å². The predicted molar refractivity (Wildman–Crippen MR) is 55.5 cm³/mol. The number of aliphatic carboxylic acids is 1. The standard InChI is InChI=1S/C10H18N2O3/c1-3-12-7(2)6-11-8(10(12)15)4-5-9(13)14/h7-8,11H,3-6H2,1-2H3,(H,13,14). The lowest BCUT2D eigenvalue weighted by Crippen LogP contribution is -2.59. The van der Waals surface area contributed by atoms with Crippen LogP contribution in [0.1, 0.15) is 26.7 Å². The van der Waals surface area contributed by atoms with Crippen LogP contribution in [0.25, 0.3) is 0 Å². The number of amides is 1. The highest BCUT2D eigenvalue weighted by molar-refractivity contribution is 5.83.